The van der Waals surface area contributed by atoms with Crippen LogP contribution in [0.25, 0.3) is 11.5 Å². The van der Waals surface area contributed by atoms with Gasteiger partial charge in [-0.15, -0.1) is 10.2 Å². The fourth-order valence-electron chi connectivity index (χ4n) is 2.65. The highest BCUT2D eigenvalue weighted by Crippen LogP contribution is 2.23. The van der Waals surface area contributed by atoms with Crippen molar-refractivity contribution in [2.75, 3.05) is 10.6 Å². The quantitative estimate of drug-likeness (QED) is 0.624. The van der Waals surface area contributed by atoms with E-state index < -0.39 is 0 Å². The van der Waals surface area contributed by atoms with Crippen LogP contribution in [0.15, 0.2) is 59.0 Å². The van der Waals surface area contributed by atoms with E-state index in [0.29, 0.717) is 24.1 Å². The molecule has 1 amide bonds. The van der Waals surface area contributed by atoms with Gasteiger partial charge in [0.15, 0.2) is 0 Å². The van der Waals surface area contributed by atoms with E-state index in [1.807, 2.05) is 75.4 Å². The van der Waals surface area contributed by atoms with Crippen molar-refractivity contribution in [2.45, 2.75) is 33.2 Å². The fourth-order valence-corrected chi connectivity index (χ4v) is 2.65. The van der Waals surface area contributed by atoms with Gasteiger partial charge in [0.25, 0.3) is 0 Å². The van der Waals surface area contributed by atoms with E-state index in [4.69, 9.17) is 4.42 Å². The summed E-state index contributed by atoms with van der Waals surface area (Å²) in [7, 11) is 0. The molecule has 1 atom stereocenters. The molecule has 0 saturated heterocycles. The van der Waals surface area contributed by atoms with Crippen molar-refractivity contribution in [3.8, 4) is 11.5 Å². The van der Waals surface area contributed by atoms with Crippen LogP contribution in [0.2, 0.25) is 0 Å². The summed E-state index contributed by atoms with van der Waals surface area (Å²) in [5.41, 5.74) is 2.58. The Morgan fingerprint density at radius 1 is 0.963 bits per heavy atom. The van der Waals surface area contributed by atoms with Crippen LogP contribution in [-0.4, -0.2) is 16.1 Å². The lowest BCUT2D eigenvalue weighted by Gasteiger charge is -2.12. The van der Waals surface area contributed by atoms with Gasteiger partial charge < -0.3 is 15.1 Å². The normalized spacial score (nSPS) is 12.0. The number of carbonyl (C=O) groups is 1. The minimum absolute atomic E-state index is 0.0263. The van der Waals surface area contributed by atoms with Crippen molar-refractivity contribution in [1.29, 1.82) is 0 Å². The molecule has 0 aliphatic carbocycles. The Morgan fingerprint density at radius 3 is 2.30 bits per heavy atom. The van der Waals surface area contributed by atoms with Crippen molar-refractivity contribution in [1.82, 2.24) is 10.2 Å². The molecule has 0 bridgehead atoms. The first-order chi connectivity index (χ1) is 13.0. The third-order valence-corrected chi connectivity index (χ3v) is 3.98. The molecule has 2 aromatic carbocycles. The second kappa shape index (κ2) is 8.49. The van der Waals surface area contributed by atoms with Crippen LogP contribution in [-0.2, 0) is 4.79 Å². The molecule has 1 heterocycles. The number of carbonyl (C=O) groups excluding carboxylic acids is 1. The van der Waals surface area contributed by atoms with Gasteiger partial charge in [-0.2, -0.15) is 0 Å². The summed E-state index contributed by atoms with van der Waals surface area (Å²) < 4.78 is 5.78. The lowest BCUT2D eigenvalue weighted by molar-refractivity contribution is -0.116. The summed E-state index contributed by atoms with van der Waals surface area (Å²) in [5, 5.41) is 14.5. The van der Waals surface area contributed by atoms with Gasteiger partial charge in [0.1, 0.15) is 6.04 Å². The lowest BCUT2D eigenvalue weighted by Crippen LogP contribution is -2.13. The number of nitrogens with zero attached hydrogens (tertiary/aromatic N) is 2. The predicted molar refractivity (Wildman–Crippen MR) is 106 cm³/mol. The second-order valence-electron chi connectivity index (χ2n) is 6.90. The number of hydrogen-bond donors (Lipinski definition) is 2. The highest BCUT2D eigenvalue weighted by molar-refractivity contribution is 5.90. The minimum atomic E-state index is -0.142. The molecule has 0 fully saturated rings. The zero-order chi connectivity index (χ0) is 19.2. The zero-order valence-electron chi connectivity index (χ0n) is 15.8. The lowest BCUT2D eigenvalue weighted by atomic mass is 10.1. The third-order valence-electron chi connectivity index (χ3n) is 3.98. The largest absolute Gasteiger partial charge is 0.418 e. The summed E-state index contributed by atoms with van der Waals surface area (Å²) in [4.78, 5) is 11.8. The molecule has 6 heteroatoms. The Balaban J connectivity index is 1.60. The number of amides is 1. The van der Waals surface area contributed by atoms with Crippen LogP contribution >= 0.6 is 0 Å². The van der Waals surface area contributed by atoms with E-state index in [9.17, 15) is 4.79 Å². The second-order valence-corrected chi connectivity index (χ2v) is 6.90. The summed E-state index contributed by atoms with van der Waals surface area (Å²) in [6.07, 6.45) is 0.512. The van der Waals surface area contributed by atoms with Gasteiger partial charge >= 0.3 is 0 Å². The monoisotopic (exact) mass is 364 g/mol. The highest BCUT2D eigenvalue weighted by Gasteiger charge is 2.15. The Labute approximate surface area is 159 Å². The molecule has 27 heavy (non-hydrogen) atoms. The molecule has 3 aromatic rings. The SMILES string of the molecule is CC(C)CC(=O)Nc1ccc(NC(C)c2nnc(-c3ccccc3)o2)cc1. The Morgan fingerprint density at radius 2 is 1.63 bits per heavy atom. The first-order valence-electron chi connectivity index (χ1n) is 9.06. The fraction of sp³-hybridized carbons (Fsp3) is 0.286. The predicted octanol–water partition coefficient (Wildman–Crippen LogP) is 4.89. The van der Waals surface area contributed by atoms with Crippen LogP contribution in [0.5, 0.6) is 0 Å². The van der Waals surface area contributed by atoms with Crippen LogP contribution in [0, 0.1) is 5.92 Å². The van der Waals surface area contributed by atoms with Gasteiger partial charge in [-0.05, 0) is 49.2 Å². The van der Waals surface area contributed by atoms with Crippen molar-refractivity contribution >= 4 is 17.3 Å². The summed E-state index contributed by atoms with van der Waals surface area (Å²) in [5.74, 6) is 1.38. The Hall–Kier alpha value is -3.15. The number of nitrogens with one attached hydrogen (secondary N) is 2. The molecule has 140 valence electrons. The number of rotatable bonds is 7. The number of hydrogen-bond acceptors (Lipinski definition) is 5. The molecule has 0 radical (unpaired) electrons. The summed E-state index contributed by atoms with van der Waals surface area (Å²) >= 11 is 0. The van der Waals surface area contributed by atoms with E-state index in [0.717, 1.165) is 16.9 Å². The Kier molecular flexibility index (Phi) is 5.86. The van der Waals surface area contributed by atoms with Gasteiger partial charge in [0.2, 0.25) is 17.7 Å². The average Bonchev–Trinajstić information content (AvgIpc) is 3.14. The Bertz CT molecular complexity index is 873. The molecular formula is C21H24N4O2. The first kappa shape index (κ1) is 18.6. The molecule has 2 N–H and O–H groups in total. The molecule has 6 nitrogen and oxygen atoms in total. The number of benzene rings is 2. The van der Waals surface area contributed by atoms with Crippen molar-refractivity contribution in [3.05, 3.63) is 60.5 Å². The molecule has 0 aliphatic rings. The first-order valence-corrected chi connectivity index (χ1v) is 9.06. The van der Waals surface area contributed by atoms with Crippen LogP contribution in [0.1, 0.15) is 39.1 Å². The van der Waals surface area contributed by atoms with Gasteiger partial charge in [0, 0.05) is 23.4 Å². The van der Waals surface area contributed by atoms with Gasteiger partial charge in [0.05, 0.1) is 0 Å². The summed E-state index contributed by atoms with van der Waals surface area (Å²) in [6.45, 7) is 6.00. The van der Waals surface area contributed by atoms with E-state index in [2.05, 4.69) is 20.8 Å². The molecule has 1 aromatic heterocycles. The van der Waals surface area contributed by atoms with Crippen molar-refractivity contribution < 1.29 is 9.21 Å². The number of aromatic nitrogens is 2. The minimum Gasteiger partial charge on any atom is -0.418 e. The topological polar surface area (TPSA) is 80.0 Å². The van der Waals surface area contributed by atoms with Crippen molar-refractivity contribution in [2.24, 2.45) is 5.92 Å². The van der Waals surface area contributed by atoms with E-state index in [-0.39, 0.29) is 11.9 Å². The zero-order valence-corrected chi connectivity index (χ0v) is 15.8. The average molecular weight is 364 g/mol. The molecule has 1 unspecified atom stereocenters. The molecule has 0 spiro atoms. The van der Waals surface area contributed by atoms with E-state index >= 15 is 0 Å². The molecule has 0 saturated carbocycles. The van der Waals surface area contributed by atoms with Crippen LogP contribution in [0.4, 0.5) is 11.4 Å². The third kappa shape index (κ3) is 5.17. The molecule has 0 aliphatic heterocycles. The van der Waals surface area contributed by atoms with Gasteiger partial charge in [-0.25, -0.2) is 0 Å². The summed E-state index contributed by atoms with van der Waals surface area (Å²) in [6, 6.07) is 17.1. The standard InChI is InChI=1S/C21H24N4O2/c1-14(2)13-19(26)23-18-11-9-17(10-12-18)22-15(3)20-24-25-21(27-20)16-7-5-4-6-8-16/h4-12,14-15,22H,13H2,1-3H3,(H,23,26). The van der Waals surface area contributed by atoms with Gasteiger partial charge in [-0.1, -0.05) is 32.0 Å². The maximum atomic E-state index is 11.8. The molecule has 3 rings (SSSR count). The van der Waals surface area contributed by atoms with E-state index in [1.54, 1.807) is 0 Å². The van der Waals surface area contributed by atoms with Crippen LogP contribution < -0.4 is 10.6 Å². The molecular weight excluding hydrogens is 340 g/mol. The number of anilines is 2. The maximum Gasteiger partial charge on any atom is 0.247 e. The van der Waals surface area contributed by atoms with E-state index in [1.165, 1.54) is 0 Å². The maximum absolute atomic E-state index is 11.8. The van der Waals surface area contributed by atoms with Crippen LogP contribution in [0.3, 0.4) is 0 Å². The smallest absolute Gasteiger partial charge is 0.247 e. The van der Waals surface area contributed by atoms with Crippen molar-refractivity contribution in [3.63, 3.8) is 0 Å². The van der Waals surface area contributed by atoms with Gasteiger partial charge in [-0.3, -0.25) is 4.79 Å². The highest BCUT2D eigenvalue weighted by atomic mass is 16.4.